The number of nitrogen functional groups attached to an aromatic ring is 1. The minimum Gasteiger partial charge on any atom is -0.397 e. The Morgan fingerprint density at radius 1 is 1.53 bits per heavy atom. The van der Waals surface area contributed by atoms with Gasteiger partial charge in [-0.25, -0.2) is 4.39 Å². The topological polar surface area (TPSA) is 75.3 Å². The lowest BCUT2D eigenvalue weighted by Crippen LogP contribution is -2.15. The third kappa shape index (κ3) is 5.06. The van der Waals surface area contributed by atoms with Crippen LogP contribution in [0.4, 0.5) is 15.8 Å². The second-order valence-corrected chi connectivity index (χ2v) is 4.51. The molecule has 0 unspecified atom stereocenters. The van der Waals surface area contributed by atoms with Gasteiger partial charge in [-0.15, -0.1) is 0 Å². The zero-order valence-corrected chi connectivity index (χ0v) is 10.1. The van der Waals surface area contributed by atoms with E-state index in [2.05, 4.69) is 5.32 Å². The van der Waals surface area contributed by atoms with Gasteiger partial charge in [0, 0.05) is 6.61 Å². The molecule has 0 saturated carbocycles. The largest absolute Gasteiger partial charge is 0.397 e. The highest BCUT2D eigenvalue weighted by Crippen LogP contribution is 2.19. The Morgan fingerprint density at radius 3 is 3.00 bits per heavy atom. The van der Waals surface area contributed by atoms with Crippen LogP contribution in [-0.4, -0.2) is 29.1 Å². The van der Waals surface area contributed by atoms with Crippen LogP contribution >= 0.6 is 11.8 Å². The summed E-state index contributed by atoms with van der Waals surface area (Å²) < 4.78 is 12.9. The molecule has 17 heavy (non-hydrogen) atoms. The van der Waals surface area contributed by atoms with E-state index in [0.717, 1.165) is 0 Å². The predicted octanol–water partition coefficient (Wildman–Crippen LogP) is 1.46. The van der Waals surface area contributed by atoms with Crippen molar-refractivity contribution in [2.24, 2.45) is 0 Å². The van der Waals surface area contributed by atoms with Crippen LogP contribution in [0, 0.1) is 5.82 Å². The fourth-order valence-electron chi connectivity index (χ4n) is 1.15. The van der Waals surface area contributed by atoms with Crippen molar-refractivity contribution < 1.29 is 14.3 Å². The van der Waals surface area contributed by atoms with E-state index in [-0.39, 0.29) is 24.0 Å². The molecule has 0 atom stereocenters. The number of hydrogen-bond acceptors (Lipinski definition) is 4. The maximum Gasteiger partial charge on any atom is 0.234 e. The number of hydrogen-bond donors (Lipinski definition) is 3. The maximum atomic E-state index is 12.9. The molecule has 0 radical (unpaired) electrons. The molecule has 0 saturated heterocycles. The highest BCUT2D eigenvalue weighted by Gasteiger charge is 2.06. The summed E-state index contributed by atoms with van der Waals surface area (Å²) in [6.45, 7) is 0.117. The van der Waals surface area contributed by atoms with Crippen LogP contribution in [0.3, 0.4) is 0 Å². The lowest BCUT2D eigenvalue weighted by atomic mass is 10.2. The Bertz CT molecular complexity index is 388. The number of benzene rings is 1. The molecule has 1 aromatic rings. The number of aliphatic hydroxyl groups is 1. The molecule has 1 rings (SSSR count). The highest BCUT2D eigenvalue weighted by atomic mass is 32.2. The number of nitrogens with one attached hydrogen (secondary N) is 1. The maximum absolute atomic E-state index is 12.9. The van der Waals surface area contributed by atoms with E-state index in [9.17, 15) is 9.18 Å². The lowest BCUT2D eigenvalue weighted by molar-refractivity contribution is -0.113. The van der Waals surface area contributed by atoms with E-state index in [1.54, 1.807) is 0 Å². The number of nitrogens with two attached hydrogens (primary N) is 1. The van der Waals surface area contributed by atoms with Gasteiger partial charge in [-0.05, 0) is 30.4 Å². The second-order valence-electron chi connectivity index (χ2n) is 3.41. The van der Waals surface area contributed by atoms with Crippen molar-refractivity contribution in [2.45, 2.75) is 6.42 Å². The van der Waals surface area contributed by atoms with Gasteiger partial charge in [0.25, 0.3) is 0 Å². The van der Waals surface area contributed by atoms with E-state index in [1.807, 2.05) is 0 Å². The first-order valence-corrected chi connectivity index (χ1v) is 6.32. The van der Waals surface area contributed by atoms with Gasteiger partial charge in [0.1, 0.15) is 5.82 Å². The molecule has 4 nitrogen and oxygen atoms in total. The predicted molar refractivity (Wildman–Crippen MR) is 68.5 cm³/mol. The van der Waals surface area contributed by atoms with Crippen LogP contribution < -0.4 is 11.1 Å². The Labute approximate surface area is 103 Å². The Hall–Kier alpha value is -1.27. The highest BCUT2D eigenvalue weighted by molar-refractivity contribution is 7.99. The fourth-order valence-corrected chi connectivity index (χ4v) is 1.89. The molecule has 4 N–H and O–H groups in total. The molecular weight excluding hydrogens is 243 g/mol. The van der Waals surface area contributed by atoms with E-state index in [1.165, 1.54) is 30.0 Å². The van der Waals surface area contributed by atoms with Gasteiger partial charge in [0.15, 0.2) is 0 Å². The molecule has 0 bridgehead atoms. The molecule has 94 valence electrons. The summed E-state index contributed by atoms with van der Waals surface area (Å²) in [6, 6.07) is 3.83. The number of amides is 1. The molecule has 0 aliphatic heterocycles. The van der Waals surface area contributed by atoms with Crippen LogP contribution in [0.15, 0.2) is 18.2 Å². The minimum absolute atomic E-state index is 0.117. The Kier molecular flexibility index (Phi) is 5.79. The number of halogens is 1. The number of anilines is 2. The van der Waals surface area contributed by atoms with Crippen molar-refractivity contribution in [3.8, 4) is 0 Å². The lowest BCUT2D eigenvalue weighted by Gasteiger charge is -2.07. The van der Waals surface area contributed by atoms with Gasteiger partial charge < -0.3 is 16.2 Å². The quantitative estimate of drug-likeness (QED) is 0.533. The van der Waals surface area contributed by atoms with Gasteiger partial charge in [0.05, 0.1) is 17.1 Å². The zero-order valence-electron chi connectivity index (χ0n) is 9.28. The molecule has 0 heterocycles. The van der Waals surface area contributed by atoms with Crippen LogP contribution in [0.5, 0.6) is 0 Å². The smallest absolute Gasteiger partial charge is 0.234 e. The molecule has 1 aromatic carbocycles. The van der Waals surface area contributed by atoms with Gasteiger partial charge in [-0.1, -0.05) is 0 Å². The standard InChI is InChI=1S/C11H15FN2O2S/c12-8-2-3-9(13)10(6-8)14-11(16)7-17-5-1-4-15/h2-3,6,15H,1,4-5,7,13H2,(H,14,16). The van der Waals surface area contributed by atoms with E-state index in [0.29, 0.717) is 17.9 Å². The number of carbonyl (C=O) groups is 1. The molecule has 0 fully saturated rings. The SMILES string of the molecule is Nc1ccc(F)cc1NC(=O)CSCCCO. The molecule has 0 aliphatic rings. The second kappa shape index (κ2) is 7.13. The molecule has 6 heteroatoms. The summed E-state index contributed by atoms with van der Waals surface area (Å²) in [5.74, 6) is 0.297. The van der Waals surface area contributed by atoms with Crippen molar-refractivity contribution in [1.29, 1.82) is 0 Å². The van der Waals surface area contributed by atoms with Crippen LogP contribution in [0.2, 0.25) is 0 Å². The Balaban J connectivity index is 2.42. The van der Waals surface area contributed by atoms with E-state index >= 15 is 0 Å². The van der Waals surface area contributed by atoms with Gasteiger partial charge in [-0.2, -0.15) is 11.8 Å². The molecule has 0 aliphatic carbocycles. The van der Waals surface area contributed by atoms with Crippen molar-refractivity contribution in [2.75, 3.05) is 29.2 Å². The summed E-state index contributed by atoms with van der Waals surface area (Å²) in [5, 5.41) is 11.1. The van der Waals surface area contributed by atoms with E-state index < -0.39 is 5.82 Å². The molecular formula is C11H15FN2O2S. The monoisotopic (exact) mass is 258 g/mol. The van der Waals surface area contributed by atoms with Crippen molar-refractivity contribution >= 4 is 29.0 Å². The summed E-state index contributed by atoms with van der Waals surface area (Å²) in [6.07, 6.45) is 0.653. The average molecular weight is 258 g/mol. The third-order valence-corrected chi connectivity index (χ3v) is 3.01. The normalized spacial score (nSPS) is 10.2. The summed E-state index contributed by atoms with van der Waals surface area (Å²) in [4.78, 5) is 11.5. The van der Waals surface area contributed by atoms with E-state index in [4.69, 9.17) is 10.8 Å². The van der Waals surface area contributed by atoms with Gasteiger partial charge in [-0.3, -0.25) is 4.79 Å². The number of thioether (sulfide) groups is 1. The summed E-state index contributed by atoms with van der Waals surface area (Å²) in [7, 11) is 0. The Morgan fingerprint density at radius 2 is 2.29 bits per heavy atom. The number of rotatable bonds is 6. The first kappa shape index (κ1) is 13.8. The fraction of sp³-hybridized carbons (Fsp3) is 0.364. The van der Waals surface area contributed by atoms with Crippen molar-refractivity contribution in [1.82, 2.24) is 0 Å². The van der Waals surface area contributed by atoms with Crippen LogP contribution in [-0.2, 0) is 4.79 Å². The summed E-state index contributed by atoms with van der Waals surface area (Å²) in [5.41, 5.74) is 6.22. The van der Waals surface area contributed by atoms with Crippen molar-refractivity contribution in [3.05, 3.63) is 24.0 Å². The first-order chi connectivity index (χ1) is 8.13. The number of aliphatic hydroxyl groups excluding tert-OH is 1. The molecule has 0 aromatic heterocycles. The molecule has 1 amide bonds. The third-order valence-electron chi connectivity index (χ3n) is 1.97. The minimum atomic E-state index is -0.442. The number of carbonyl (C=O) groups excluding carboxylic acids is 1. The average Bonchev–Trinajstić information content (AvgIpc) is 2.29. The van der Waals surface area contributed by atoms with Gasteiger partial charge in [0.2, 0.25) is 5.91 Å². The van der Waals surface area contributed by atoms with Crippen LogP contribution in [0.25, 0.3) is 0 Å². The van der Waals surface area contributed by atoms with Gasteiger partial charge >= 0.3 is 0 Å². The summed E-state index contributed by atoms with van der Waals surface area (Å²) >= 11 is 1.41. The zero-order chi connectivity index (χ0) is 12.7. The first-order valence-electron chi connectivity index (χ1n) is 5.17. The molecule has 0 spiro atoms. The van der Waals surface area contributed by atoms with Crippen LogP contribution in [0.1, 0.15) is 6.42 Å². The van der Waals surface area contributed by atoms with Crippen molar-refractivity contribution in [3.63, 3.8) is 0 Å².